The molecule has 0 aliphatic carbocycles. The van der Waals surface area contributed by atoms with Gasteiger partial charge in [-0.1, -0.05) is 6.07 Å². The van der Waals surface area contributed by atoms with E-state index in [9.17, 15) is 0 Å². The molecular weight excluding hydrogens is 224 g/mol. The summed E-state index contributed by atoms with van der Waals surface area (Å²) in [6, 6.07) is 8.13. The summed E-state index contributed by atoms with van der Waals surface area (Å²) in [7, 11) is 0. The number of ether oxygens (including phenoxy) is 1. The highest BCUT2D eigenvalue weighted by atomic mass is 16.5. The van der Waals surface area contributed by atoms with Crippen LogP contribution in [0.5, 0.6) is 11.6 Å². The molecule has 2 aromatic rings. The summed E-state index contributed by atoms with van der Waals surface area (Å²) < 4.78 is 5.82. The fourth-order valence-corrected chi connectivity index (χ4v) is 1.94. The minimum atomic E-state index is 0.498. The van der Waals surface area contributed by atoms with Crippen LogP contribution in [0.15, 0.2) is 30.5 Å². The molecule has 2 rings (SSSR count). The fourth-order valence-electron chi connectivity index (χ4n) is 1.94. The molecule has 3 nitrogen and oxygen atoms in total. The van der Waals surface area contributed by atoms with E-state index in [0.29, 0.717) is 12.4 Å². The maximum atomic E-state index is 5.82. The van der Waals surface area contributed by atoms with Crippen molar-refractivity contribution in [1.82, 2.24) is 4.98 Å². The number of pyridine rings is 1. The Bertz CT molecular complexity index is 544. The van der Waals surface area contributed by atoms with Gasteiger partial charge in [0, 0.05) is 18.3 Å². The van der Waals surface area contributed by atoms with Crippen LogP contribution < -0.4 is 10.5 Å². The average molecular weight is 242 g/mol. The van der Waals surface area contributed by atoms with Gasteiger partial charge in [0.05, 0.1) is 0 Å². The molecule has 1 heterocycles. The smallest absolute Gasteiger partial charge is 0.222 e. The van der Waals surface area contributed by atoms with E-state index in [4.69, 9.17) is 10.5 Å². The van der Waals surface area contributed by atoms with Crippen molar-refractivity contribution in [3.05, 3.63) is 52.7 Å². The van der Waals surface area contributed by atoms with Gasteiger partial charge < -0.3 is 10.5 Å². The summed E-state index contributed by atoms with van der Waals surface area (Å²) in [5, 5.41) is 0. The van der Waals surface area contributed by atoms with Crippen LogP contribution in [-0.2, 0) is 6.54 Å². The van der Waals surface area contributed by atoms with Gasteiger partial charge >= 0.3 is 0 Å². The second-order valence-electron chi connectivity index (χ2n) is 4.60. The second kappa shape index (κ2) is 5.19. The van der Waals surface area contributed by atoms with E-state index < -0.39 is 0 Å². The molecule has 0 atom stereocenters. The van der Waals surface area contributed by atoms with Crippen LogP contribution in [0, 0.1) is 20.8 Å². The Hall–Kier alpha value is -1.87. The monoisotopic (exact) mass is 242 g/mol. The fraction of sp³-hybridized carbons (Fsp3) is 0.267. The standard InChI is InChI=1S/C15H18N2O/c1-10-4-11(2)6-14(5-10)18-15-12(3)7-13(8-16)9-17-15/h4-7,9H,8,16H2,1-3H3. The topological polar surface area (TPSA) is 48.1 Å². The van der Waals surface area contributed by atoms with Crippen molar-refractivity contribution in [1.29, 1.82) is 0 Å². The molecule has 0 aliphatic heterocycles. The Balaban J connectivity index is 2.28. The summed E-state index contributed by atoms with van der Waals surface area (Å²) in [6.07, 6.45) is 1.75. The van der Waals surface area contributed by atoms with Gasteiger partial charge in [-0.25, -0.2) is 4.98 Å². The summed E-state index contributed by atoms with van der Waals surface area (Å²) in [4.78, 5) is 4.30. The number of nitrogens with zero attached hydrogens (tertiary/aromatic N) is 1. The third kappa shape index (κ3) is 2.87. The molecule has 0 saturated carbocycles. The lowest BCUT2D eigenvalue weighted by Gasteiger charge is -2.10. The molecule has 0 bridgehead atoms. The molecule has 0 amide bonds. The zero-order chi connectivity index (χ0) is 13.1. The van der Waals surface area contributed by atoms with E-state index in [-0.39, 0.29) is 0 Å². The summed E-state index contributed by atoms with van der Waals surface area (Å²) >= 11 is 0. The number of hydrogen-bond acceptors (Lipinski definition) is 3. The predicted molar refractivity (Wildman–Crippen MR) is 72.9 cm³/mol. The molecule has 1 aromatic heterocycles. The zero-order valence-electron chi connectivity index (χ0n) is 11.0. The van der Waals surface area contributed by atoms with E-state index >= 15 is 0 Å². The molecule has 0 unspecified atom stereocenters. The Morgan fingerprint density at radius 1 is 1.06 bits per heavy atom. The minimum Gasteiger partial charge on any atom is -0.439 e. The van der Waals surface area contributed by atoms with E-state index in [2.05, 4.69) is 24.9 Å². The molecular formula is C15H18N2O. The molecule has 18 heavy (non-hydrogen) atoms. The third-order valence-corrected chi connectivity index (χ3v) is 2.73. The quantitative estimate of drug-likeness (QED) is 0.898. The van der Waals surface area contributed by atoms with E-state index in [1.54, 1.807) is 6.20 Å². The highest BCUT2D eigenvalue weighted by molar-refractivity contribution is 5.37. The molecule has 0 radical (unpaired) electrons. The summed E-state index contributed by atoms with van der Waals surface area (Å²) in [5.74, 6) is 1.46. The number of nitrogens with two attached hydrogens (primary N) is 1. The van der Waals surface area contributed by atoms with Crippen molar-refractivity contribution in [3.8, 4) is 11.6 Å². The zero-order valence-corrected chi connectivity index (χ0v) is 11.0. The number of aryl methyl sites for hydroxylation is 3. The van der Waals surface area contributed by atoms with Crippen molar-refractivity contribution in [3.63, 3.8) is 0 Å². The SMILES string of the molecule is Cc1cc(C)cc(Oc2ncc(CN)cc2C)c1. The van der Waals surface area contributed by atoms with Gasteiger partial charge in [-0.15, -0.1) is 0 Å². The van der Waals surface area contributed by atoms with Crippen LogP contribution in [0.2, 0.25) is 0 Å². The molecule has 94 valence electrons. The molecule has 0 saturated heterocycles. The molecule has 1 aromatic carbocycles. The van der Waals surface area contributed by atoms with Gasteiger partial charge in [0.25, 0.3) is 0 Å². The summed E-state index contributed by atoms with van der Waals surface area (Å²) in [6.45, 7) is 6.58. The van der Waals surface area contributed by atoms with Crippen molar-refractivity contribution in [2.24, 2.45) is 5.73 Å². The van der Waals surface area contributed by atoms with Gasteiger partial charge in [0.2, 0.25) is 5.88 Å². The summed E-state index contributed by atoms with van der Waals surface area (Å²) in [5.41, 5.74) is 9.96. The van der Waals surface area contributed by atoms with Crippen LogP contribution in [0.1, 0.15) is 22.3 Å². The van der Waals surface area contributed by atoms with E-state index in [1.165, 1.54) is 11.1 Å². The molecule has 0 aliphatic rings. The number of rotatable bonds is 3. The average Bonchev–Trinajstić information content (AvgIpc) is 2.30. The van der Waals surface area contributed by atoms with Gasteiger partial charge in [0.15, 0.2) is 0 Å². The highest BCUT2D eigenvalue weighted by Crippen LogP contribution is 2.25. The lowest BCUT2D eigenvalue weighted by molar-refractivity contribution is 0.457. The first-order valence-electron chi connectivity index (χ1n) is 6.00. The predicted octanol–water partition coefficient (Wildman–Crippen LogP) is 3.26. The lowest BCUT2D eigenvalue weighted by Crippen LogP contribution is -1.99. The number of aromatic nitrogens is 1. The van der Waals surface area contributed by atoms with Gasteiger partial charge in [-0.2, -0.15) is 0 Å². The van der Waals surface area contributed by atoms with Crippen molar-refractivity contribution < 1.29 is 4.74 Å². The second-order valence-corrected chi connectivity index (χ2v) is 4.60. The minimum absolute atomic E-state index is 0.498. The van der Waals surface area contributed by atoms with Crippen LogP contribution in [-0.4, -0.2) is 4.98 Å². The van der Waals surface area contributed by atoms with Crippen molar-refractivity contribution >= 4 is 0 Å². The number of hydrogen-bond donors (Lipinski definition) is 1. The highest BCUT2D eigenvalue weighted by Gasteiger charge is 2.05. The Morgan fingerprint density at radius 2 is 1.72 bits per heavy atom. The maximum absolute atomic E-state index is 5.82. The Labute approximate surface area is 108 Å². The normalized spacial score (nSPS) is 10.4. The van der Waals surface area contributed by atoms with Crippen LogP contribution in [0.25, 0.3) is 0 Å². The van der Waals surface area contributed by atoms with Crippen LogP contribution >= 0.6 is 0 Å². The van der Waals surface area contributed by atoms with Gasteiger partial charge in [0.1, 0.15) is 5.75 Å². The third-order valence-electron chi connectivity index (χ3n) is 2.73. The van der Waals surface area contributed by atoms with Crippen LogP contribution in [0.3, 0.4) is 0 Å². The van der Waals surface area contributed by atoms with Crippen LogP contribution in [0.4, 0.5) is 0 Å². The first-order valence-corrected chi connectivity index (χ1v) is 6.00. The van der Waals surface area contributed by atoms with Crippen molar-refractivity contribution in [2.45, 2.75) is 27.3 Å². The first-order chi connectivity index (χ1) is 8.58. The largest absolute Gasteiger partial charge is 0.439 e. The number of benzene rings is 1. The van der Waals surface area contributed by atoms with E-state index in [1.807, 2.05) is 25.1 Å². The molecule has 2 N–H and O–H groups in total. The van der Waals surface area contributed by atoms with Gasteiger partial charge in [-0.05, 0) is 55.7 Å². The van der Waals surface area contributed by atoms with Crippen molar-refractivity contribution in [2.75, 3.05) is 0 Å². The lowest BCUT2D eigenvalue weighted by atomic mass is 10.1. The van der Waals surface area contributed by atoms with Gasteiger partial charge in [-0.3, -0.25) is 0 Å². The molecule has 0 spiro atoms. The molecule has 0 fully saturated rings. The Kier molecular flexibility index (Phi) is 3.63. The maximum Gasteiger partial charge on any atom is 0.222 e. The first kappa shape index (κ1) is 12.6. The van der Waals surface area contributed by atoms with E-state index in [0.717, 1.165) is 16.9 Å². The molecule has 3 heteroatoms. The Morgan fingerprint density at radius 3 is 2.28 bits per heavy atom.